The smallest absolute Gasteiger partial charge is 0.303 e. The minimum Gasteiger partial charge on any atom is -0.481 e. The standard InChI is InChI=1S/C14H18N4O4S2/c19-13(20)5-2-6-17-7-9-18(10-8-17)24(21,22)12-4-1-3-11-14(12)16-23-15-11/h1,3-4H,2,5-10H2,(H,19,20). The summed E-state index contributed by atoms with van der Waals surface area (Å²) in [6.07, 6.45) is 0.712. The number of aromatic nitrogens is 2. The van der Waals surface area contributed by atoms with Crippen molar-refractivity contribution in [1.82, 2.24) is 18.0 Å². The molecule has 130 valence electrons. The molecule has 0 spiro atoms. The average molecular weight is 370 g/mol. The van der Waals surface area contributed by atoms with Crippen molar-refractivity contribution in [2.75, 3.05) is 32.7 Å². The Balaban J connectivity index is 1.67. The van der Waals surface area contributed by atoms with Gasteiger partial charge in [-0.3, -0.25) is 4.79 Å². The van der Waals surface area contributed by atoms with E-state index in [1.54, 1.807) is 18.2 Å². The van der Waals surface area contributed by atoms with Crippen molar-refractivity contribution in [3.8, 4) is 0 Å². The first-order chi connectivity index (χ1) is 11.5. The van der Waals surface area contributed by atoms with Crippen LogP contribution in [0, 0.1) is 0 Å². The Labute approximate surface area is 144 Å². The number of carbonyl (C=O) groups is 1. The summed E-state index contributed by atoms with van der Waals surface area (Å²) in [6.45, 7) is 2.66. The molecule has 8 nitrogen and oxygen atoms in total. The molecule has 1 aliphatic rings. The van der Waals surface area contributed by atoms with E-state index in [9.17, 15) is 13.2 Å². The molecule has 24 heavy (non-hydrogen) atoms. The zero-order valence-corrected chi connectivity index (χ0v) is 14.6. The summed E-state index contributed by atoms with van der Waals surface area (Å²) in [5.74, 6) is -0.804. The van der Waals surface area contributed by atoms with Crippen molar-refractivity contribution < 1.29 is 18.3 Å². The third kappa shape index (κ3) is 3.56. The molecule has 2 heterocycles. The van der Waals surface area contributed by atoms with E-state index in [0.29, 0.717) is 50.2 Å². The first kappa shape index (κ1) is 17.2. The van der Waals surface area contributed by atoms with Crippen LogP contribution in [0.1, 0.15) is 12.8 Å². The number of aliphatic carboxylic acids is 1. The first-order valence-corrected chi connectivity index (χ1v) is 9.81. The summed E-state index contributed by atoms with van der Waals surface area (Å²) >= 11 is 1.00. The highest BCUT2D eigenvalue weighted by Crippen LogP contribution is 2.25. The van der Waals surface area contributed by atoms with Crippen LogP contribution in [0.4, 0.5) is 0 Å². The predicted octanol–water partition coefficient (Wildman–Crippen LogP) is 0.862. The maximum Gasteiger partial charge on any atom is 0.303 e. The van der Waals surface area contributed by atoms with Crippen molar-refractivity contribution >= 4 is 38.8 Å². The molecule has 0 unspecified atom stereocenters. The fraction of sp³-hybridized carbons (Fsp3) is 0.500. The largest absolute Gasteiger partial charge is 0.481 e. The number of fused-ring (bicyclic) bond motifs is 1. The number of rotatable bonds is 6. The molecule has 10 heteroatoms. The van der Waals surface area contributed by atoms with Crippen LogP contribution < -0.4 is 0 Å². The summed E-state index contributed by atoms with van der Waals surface area (Å²) < 4.78 is 35.4. The molecule has 1 aromatic carbocycles. The van der Waals surface area contributed by atoms with E-state index in [1.165, 1.54) is 4.31 Å². The molecule has 1 fully saturated rings. The number of hydrogen-bond acceptors (Lipinski definition) is 7. The normalized spacial score (nSPS) is 17.3. The summed E-state index contributed by atoms with van der Waals surface area (Å²) in [7, 11) is -3.60. The van der Waals surface area contributed by atoms with Crippen LogP contribution in [0.15, 0.2) is 23.1 Å². The van der Waals surface area contributed by atoms with Crippen LogP contribution in [-0.2, 0) is 14.8 Å². The lowest BCUT2D eigenvalue weighted by Gasteiger charge is -2.33. The monoisotopic (exact) mass is 370 g/mol. The lowest BCUT2D eigenvalue weighted by molar-refractivity contribution is -0.137. The van der Waals surface area contributed by atoms with Crippen LogP contribution in [0.2, 0.25) is 0 Å². The fourth-order valence-corrected chi connectivity index (χ4v) is 4.95. The van der Waals surface area contributed by atoms with Gasteiger partial charge in [0.25, 0.3) is 0 Å². The van der Waals surface area contributed by atoms with Crippen molar-refractivity contribution in [3.05, 3.63) is 18.2 Å². The first-order valence-electron chi connectivity index (χ1n) is 7.64. The molecule has 0 radical (unpaired) electrons. The molecule has 1 aromatic heterocycles. The van der Waals surface area contributed by atoms with Gasteiger partial charge in [0.15, 0.2) is 0 Å². The van der Waals surface area contributed by atoms with Crippen LogP contribution in [0.5, 0.6) is 0 Å². The Hall–Kier alpha value is -1.62. The highest BCUT2D eigenvalue weighted by Gasteiger charge is 2.30. The van der Waals surface area contributed by atoms with Crippen LogP contribution >= 0.6 is 11.7 Å². The molecular formula is C14H18N4O4S2. The van der Waals surface area contributed by atoms with Crippen LogP contribution in [0.25, 0.3) is 11.0 Å². The van der Waals surface area contributed by atoms with Crippen molar-refractivity contribution in [3.63, 3.8) is 0 Å². The summed E-state index contributed by atoms with van der Waals surface area (Å²) in [5, 5.41) is 8.67. The predicted molar refractivity (Wildman–Crippen MR) is 89.5 cm³/mol. The number of piperazine rings is 1. The van der Waals surface area contributed by atoms with Crippen molar-refractivity contribution in [2.24, 2.45) is 0 Å². The molecule has 1 saturated heterocycles. The van der Waals surface area contributed by atoms with Crippen molar-refractivity contribution in [1.29, 1.82) is 0 Å². The van der Waals surface area contributed by atoms with Gasteiger partial charge < -0.3 is 10.0 Å². The molecular weight excluding hydrogens is 352 g/mol. The van der Waals surface area contributed by atoms with Gasteiger partial charge in [-0.1, -0.05) is 6.07 Å². The summed E-state index contributed by atoms with van der Waals surface area (Å²) in [6, 6.07) is 5.00. The molecule has 3 rings (SSSR count). The number of benzene rings is 1. The third-order valence-electron chi connectivity index (χ3n) is 4.06. The Kier molecular flexibility index (Phi) is 5.09. The maximum absolute atomic E-state index is 12.9. The zero-order chi connectivity index (χ0) is 17.2. The lowest BCUT2D eigenvalue weighted by atomic mass is 10.2. The van der Waals surface area contributed by atoms with Gasteiger partial charge in [0.05, 0.1) is 11.7 Å². The molecule has 0 amide bonds. The second-order valence-corrected chi connectivity index (χ2v) is 8.07. The lowest BCUT2D eigenvalue weighted by Crippen LogP contribution is -2.48. The molecule has 1 N–H and O–H groups in total. The van der Waals surface area contributed by atoms with Gasteiger partial charge in [0.1, 0.15) is 15.9 Å². The minimum atomic E-state index is -3.60. The van der Waals surface area contributed by atoms with E-state index in [4.69, 9.17) is 5.11 Å². The Morgan fingerprint density at radius 2 is 1.96 bits per heavy atom. The Bertz CT molecular complexity index is 828. The average Bonchev–Trinajstić information content (AvgIpc) is 3.03. The number of hydrogen-bond donors (Lipinski definition) is 1. The number of carboxylic acids is 1. The molecule has 0 atom stereocenters. The Morgan fingerprint density at radius 3 is 2.67 bits per heavy atom. The van der Waals surface area contributed by atoms with E-state index >= 15 is 0 Å². The van der Waals surface area contributed by atoms with Crippen LogP contribution in [0.3, 0.4) is 0 Å². The highest BCUT2D eigenvalue weighted by atomic mass is 32.2. The maximum atomic E-state index is 12.9. The molecule has 0 saturated carbocycles. The highest BCUT2D eigenvalue weighted by molar-refractivity contribution is 7.89. The zero-order valence-electron chi connectivity index (χ0n) is 13.0. The molecule has 0 aliphatic carbocycles. The third-order valence-corrected chi connectivity index (χ3v) is 6.54. The van der Waals surface area contributed by atoms with Gasteiger partial charge in [0, 0.05) is 32.6 Å². The van der Waals surface area contributed by atoms with E-state index < -0.39 is 16.0 Å². The van der Waals surface area contributed by atoms with Gasteiger partial charge in [-0.15, -0.1) is 0 Å². The second kappa shape index (κ2) is 7.09. The quantitative estimate of drug-likeness (QED) is 0.804. The van der Waals surface area contributed by atoms with Gasteiger partial charge in [-0.2, -0.15) is 13.1 Å². The van der Waals surface area contributed by atoms with Gasteiger partial charge in [-0.05, 0) is 25.1 Å². The van der Waals surface area contributed by atoms with Crippen molar-refractivity contribution in [2.45, 2.75) is 17.7 Å². The number of sulfonamides is 1. The Morgan fingerprint density at radius 1 is 1.21 bits per heavy atom. The fourth-order valence-electron chi connectivity index (χ4n) is 2.78. The summed E-state index contributed by atoms with van der Waals surface area (Å²) in [5.41, 5.74) is 1.01. The topological polar surface area (TPSA) is 104 Å². The number of carboxylic acid groups (broad SMARTS) is 1. The van der Waals surface area contributed by atoms with Gasteiger partial charge in [0.2, 0.25) is 10.0 Å². The summed E-state index contributed by atoms with van der Waals surface area (Å²) in [4.78, 5) is 12.8. The number of nitrogens with zero attached hydrogens (tertiary/aromatic N) is 4. The van der Waals surface area contributed by atoms with E-state index in [0.717, 1.165) is 11.7 Å². The minimum absolute atomic E-state index is 0.136. The van der Waals surface area contributed by atoms with Crippen LogP contribution in [-0.4, -0.2) is 70.2 Å². The molecule has 0 bridgehead atoms. The van der Waals surface area contributed by atoms with E-state index in [-0.39, 0.29) is 11.3 Å². The van der Waals surface area contributed by atoms with Gasteiger partial charge >= 0.3 is 5.97 Å². The molecule has 2 aromatic rings. The molecule has 1 aliphatic heterocycles. The van der Waals surface area contributed by atoms with E-state index in [2.05, 4.69) is 13.6 Å². The SMILES string of the molecule is O=C(O)CCCN1CCN(S(=O)(=O)c2cccc3nsnc23)CC1. The second-order valence-electron chi connectivity index (χ2n) is 5.63. The van der Waals surface area contributed by atoms with E-state index in [1.807, 2.05) is 0 Å². The van der Waals surface area contributed by atoms with Gasteiger partial charge in [-0.25, -0.2) is 8.42 Å².